The minimum absolute atomic E-state index is 0.0558. The number of unbranched alkanes of at least 4 members (excludes halogenated alkanes) is 2. The van der Waals surface area contributed by atoms with Crippen molar-refractivity contribution in [1.82, 2.24) is 14.8 Å². The number of rotatable bonds is 8. The predicted molar refractivity (Wildman–Crippen MR) is 115 cm³/mol. The number of para-hydroxylation sites is 1. The molecule has 1 amide bonds. The van der Waals surface area contributed by atoms with Crippen molar-refractivity contribution in [2.45, 2.75) is 59.8 Å². The van der Waals surface area contributed by atoms with E-state index < -0.39 is 0 Å². The van der Waals surface area contributed by atoms with Crippen molar-refractivity contribution in [2.75, 3.05) is 5.32 Å². The normalized spacial score (nSPS) is 11.0. The lowest BCUT2D eigenvalue weighted by atomic mass is 10.1. The van der Waals surface area contributed by atoms with Gasteiger partial charge in [0.1, 0.15) is 0 Å². The molecule has 1 aromatic carbocycles. The first-order valence-corrected chi connectivity index (χ1v) is 10.7. The second-order valence-electron chi connectivity index (χ2n) is 7.18. The van der Waals surface area contributed by atoms with Gasteiger partial charge < -0.3 is 5.32 Å². The number of hydrogen-bond donors (Lipinski definition) is 1. The molecule has 0 aliphatic heterocycles. The molecule has 3 aromatic rings. The van der Waals surface area contributed by atoms with Crippen LogP contribution >= 0.6 is 11.3 Å². The number of benzene rings is 1. The number of amides is 1. The van der Waals surface area contributed by atoms with Gasteiger partial charge in [-0.25, -0.2) is 9.67 Å². The maximum atomic E-state index is 12.4. The molecule has 1 N–H and O–H groups in total. The molecule has 0 atom stereocenters. The van der Waals surface area contributed by atoms with E-state index in [1.165, 1.54) is 36.2 Å². The Balaban J connectivity index is 1.69. The van der Waals surface area contributed by atoms with Gasteiger partial charge in [-0.05, 0) is 50.8 Å². The number of hydrogen-bond acceptors (Lipinski definition) is 4. The number of aromatic nitrogens is 3. The Morgan fingerprint density at radius 1 is 1.18 bits per heavy atom. The van der Waals surface area contributed by atoms with Crippen molar-refractivity contribution in [2.24, 2.45) is 0 Å². The second kappa shape index (κ2) is 9.15. The zero-order valence-electron chi connectivity index (χ0n) is 17.1. The van der Waals surface area contributed by atoms with Crippen LogP contribution < -0.4 is 5.32 Å². The summed E-state index contributed by atoms with van der Waals surface area (Å²) in [6.07, 6.45) is 4.95. The van der Waals surface area contributed by atoms with Crippen molar-refractivity contribution < 1.29 is 4.79 Å². The van der Waals surface area contributed by atoms with E-state index in [0.717, 1.165) is 39.9 Å². The van der Waals surface area contributed by atoms with Crippen molar-refractivity contribution in [3.8, 4) is 5.13 Å². The molecule has 28 heavy (non-hydrogen) atoms. The van der Waals surface area contributed by atoms with Crippen LogP contribution in [0.1, 0.15) is 54.4 Å². The van der Waals surface area contributed by atoms with E-state index in [4.69, 9.17) is 5.10 Å². The number of thiazole rings is 1. The van der Waals surface area contributed by atoms with Crippen LogP contribution in [0.25, 0.3) is 5.13 Å². The van der Waals surface area contributed by atoms with Crippen LogP contribution in [-0.4, -0.2) is 20.7 Å². The Morgan fingerprint density at radius 3 is 2.71 bits per heavy atom. The van der Waals surface area contributed by atoms with E-state index >= 15 is 0 Å². The van der Waals surface area contributed by atoms with E-state index in [0.29, 0.717) is 0 Å². The minimum atomic E-state index is -0.0558. The highest BCUT2D eigenvalue weighted by atomic mass is 32.1. The van der Waals surface area contributed by atoms with Gasteiger partial charge >= 0.3 is 0 Å². The summed E-state index contributed by atoms with van der Waals surface area (Å²) >= 11 is 1.53. The molecule has 0 aliphatic carbocycles. The number of aryl methyl sites for hydroxylation is 2. The van der Waals surface area contributed by atoms with Crippen LogP contribution in [-0.2, 0) is 17.6 Å². The zero-order chi connectivity index (χ0) is 20.1. The van der Waals surface area contributed by atoms with Gasteiger partial charge in [0, 0.05) is 16.8 Å². The summed E-state index contributed by atoms with van der Waals surface area (Å²) in [5.74, 6) is -0.0558. The number of carbonyl (C=O) groups is 1. The fourth-order valence-electron chi connectivity index (χ4n) is 3.32. The van der Waals surface area contributed by atoms with Gasteiger partial charge in [0.2, 0.25) is 11.0 Å². The number of anilines is 1. The number of nitrogens with one attached hydrogen (secondary N) is 1. The van der Waals surface area contributed by atoms with E-state index in [1.807, 2.05) is 41.3 Å². The summed E-state index contributed by atoms with van der Waals surface area (Å²) in [7, 11) is 0. The smallest absolute Gasteiger partial charge is 0.230 e. The van der Waals surface area contributed by atoms with Crippen LogP contribution in [0.2, 0.25) is 0 Å². The SMILES string of the molecule is CCCCCc1c(C)nn(-c2nc(CC(=O)Nc3ccccc3C)cs2)c1C. The molecular formula is C22H28N4OS. The van der Waals surface area contributed by atoms with Gasteiger partial charge in [0.05, 0.1) is 17.8 Å². The summed E-state index contributed by atoms with van der Waals surface area (Å²) in [5.41, 5.74) is 6.21. The summed E-state index contributed by atoms with van der Waals surface area (Å²) in [6.45, 7) is 8.37. The van der Waals surface area contributed by atoms with E-state index in [9.17, 15) is 4.79 Å². The topological polar surface area (TPSA) is 59.8 Å². The quantitative estimate of drug-likeness (QED) is 0.535. The number of carbonyl (C=O) groups excluding carboxylic acids is 1. The highest BCUT2D eigenvalue weighted by Gasteiger charge is 2.16. The van der Waals surface area contributed by atoms with Gasteiger partial charge in [-0.3, -0.25) is 4.79 Å². The lowest BCUT2D eigenvalue weighted by Gasteiger charge is -2.06. The highest BCUT2D eigenvalue weighted by molar-refractivity contribution is 7.12. The van der Waals surface area contributed by atoms with Crippen LogP contribution in [0.3, 0.4) is 0 Å². The first-order valence-electron chi connectivity index (χ1n) is 9.85. The third kappa shape index (κ3) is 4.68. The molecule has 5 nitrogen and oxygen atoms in total. The molecule has 0 unspecified atom stereocenters. The van der Waals surface area contributed by atoms with Crippen molar-refractivity contribution in [3.63, 3.8) is 0 Å². The molecule has 0 spiro atoms. The molecule has 2 aromatic heterocycles. The maximum absolute atomic E-state index is 12.4. The fourth-order valence-corrected chi connectivity index (χ4v) is 4.15. The maximum Gasteiger partial charge on any atom is 0.230 e. The van der Waals surface area contributed by atoms with Crippen molar-refractivity contribution >= 4 is 22.9 Å². The Morgan fingerprint density at radius 2 is 1.96 bits per heavy atom. The third-order valence-electron chi connectivity index (χ3n) is 4.95. The Bertz CT molecular complexity index is 957. The van der Waals surface area contributed by atoms with Gasteiger partial charge in [-0.15, -0.1) is 11.3 Å². The minimum Gasteiger partial charge on any atom is -0.326 e. The fraction of sp³-hybridized carbons (Fsp3) is 0.409. The van der Waals surface area contributed by atoms with E-state index in [-0.39, 0.29) is 12.3 Å². The average Bonchev–Trinajstić information content (AvgIpc) is 3.23. The van der Waals surface area contributed by atoms with Crippen LogP contribution in [0.4, 0.5) is 5.69 Å². The van der Waals surface area contributed by atoms with Crippen molar-refractivity contribution in [1.29, 1.82) is 0 Å². The highest BCUT2D eigenvalue weighted by Crippen LogP contribution is 2.23. The Kier molecular flexibility index (Phi) is 6.62. The van der Waals surface area contributed by atoms with Gasteiger partial charge in [0.15, 0.2) is 0 Å². The molecule has 0 radical (unpaired) electrons. The molecule has 148 valence electrons. The summed E-state index contributed by atoms with van der Waals surface area (Å²) in [5, 5.41) is 10.4. The van der Waals surface area contributed by atoms with Gasteiger partial charge in [-0.2, -0.15) is 5.10 Å². The van der Waals surface area contributed by atoms with Gasteiger partial charge in [-0.1, -0.05) is 38.0 Å². The second-order valence-corrected chi connectivity index (χ2v) is 8.02. The lowest BCUT2D eigenvalue weighted by molar-refractivity contribution is -0.115. The molecule has 0 saturated heterocycles. The molecule has 3 rings (SSSR count). The van der Waals surface area contributed by atoms with Crippen LogP contribution in [0.15, 0.2) is 29.6 Å². The zero-order valence-corrected chi connectivity index (χ0v) is 17.9. The monoisotopic (exact) mass is 396 g/mol. The molecule has 0 bridgehead atoms. The Hall–Kier alpha value is -2.47. The summed E-state index contributed by atoms with van der Waals surface area (Å²) < 4.78 is 1.92. The third-order valence-corrected chi connectivity index (χ3v) is 5.82. The average molecular weight is 397 g/mol. The van der Waals surface area contributed by atoms with Crippen LogP contribution in [0.5, 0.6) is 0 Å². The van der Waals surface area contributed by atoms with Gasteiger partial charge in [0.25, 0.3) is 0 Å². The first kappa shape index (κ1) is 20.3. The van der Waals surface area contributed by atoms with E-state index in [1.54, 1.807) is 0 Å². The van der Waals surface area contributed by atoms with Crippen LogP contribution in [0, 0.1) is 20.8 Å². The molecule has 0 fully saturated rings. The van der Waals surface area contributed by atoms with E-state index in [2.05, 4.69) is 31.1 Å². The summed E-state index contributed by atoms with van der Waals surface area (Å²) in [4.78, 5) is 17.0. The molecular weight excluding hydrogens is 368 g/mol. The Labute approximate surface area is 170 Å². The van der Waals surface area contributed by atoms with Crippen molar-refractivity contribution in [3.05, 3.63) is 57.9 Å². The standard InChI is InChI=1S/C22H28N4OS/c1-5-6-7-11-19-16(3)25-26(17(19)4)22-23-18(14-28-22)13-21(27)24-20-12-9-8-10-15(20)2/h8-10,12,14H,5-7,11,13H2,1-4H3,(H,24,27). The first-order chi connectivity index (χ1) is 13.5. The molecule has 0 saturated carbocycles. The summed E-state index contributed by atoms with van der Waals surface area (Å²) in [6, 6.07) is 7.78. The molecule has 6 heteroatoms. The lowest BCUT2D eigenvalue weighted by Crippen LogP contribution is -2.15. The predicted octanol–water partition coefficient (Wildman–Crippen LogP) is 5.17. The molecule has 2 heterocycles. The number of nitrogens with zero attached hydrogens (tertiary/aromatic N) is 3. The largest absolute Gasteiger partial charge is 0.326 e. The molecule has 0 aliphatic rings.